The summed E-state index contributed by atoms with van der Waals surface area (Å²) in [5.74, 6) is 0.969. The number of rotatable bonds is 6. The molecule has 31 heavy (non-hydrogen) atoms. The summed E-state index contributed by atoms with van der Waals surface area (Å²) in [6.07, 6.45) is 6.26. The van der Waals surface area contributed by atoms with Crippen LogP contribution in [0.5, 0.6) is 0 Å². The van der Waals surface area contributed by atoms with E-state index in [2.05, 4.69) is 10.3 Å². The Bertz CT molecular complexity index is 990. The number of nitrogens with one attached hydrogen (secondary N) is 1. The molecular weight excluding hydrogens is 392 g/mol. The minimum atomic E-state index is -0.521. The lowest BCUT2D eigenvalue weighted by molar-refractivity contribution is -0.136. The third-order valence-corrected chi connectivity index (χ3v) is 7.35. The molecule has 1 aromatic heterocycles. The molecule has 0 aliphatic heterocycles. The maximum absolute atomic E-state index is 13.2. The Labute approximate surface area is 182 Å². The molecule has 1 amide bonds. The molecule has 6 nitrogen and oxygen atoms in total. The van der Waals surface area contributed by atoms with E-state index in [1.54, 1.807) is 49.7 Å². The van der Waals surface area contributed by atoms with Gasteiger partial charge in [-0.3, -0.25) is 14.6 Å². The van der Waals surface area contributed by atoms with Crippen molar-refractivity contribution >= 4 is 11.7 Å². The largest absolute Gasteiger partial charge is 0.390 e. The standard InChI is InChI=1S/C25H28N2O4/c1-31-14-19-10-16(23(28)21-4-2-3-7-26-21)5-6-20(19)24(29)27-22-17-8-15-9-18(22)13-25(30,11-15)12-17/h2-7,10,15,17-18,22,30H,8-9,11-14H2,1H3,(H,27,29). The molecule has 4 bridgehead atoms. The van der Waals surface area contributed by atoms with Gasteiger partial charge in [0.05, 0.1) is 12.2 Å². The number of ketones is 1. The van der Waals surface area contributed by atoms with Crippen LogP contribution in [0, 0.1) is 17.8 Å². The fourth-order valence-corrected chi connectivity index (χ4v) is 6.32. The predicted molar refractivity (Wildman–Crippen MR) is 115 cm³/mol. The van der Waals surface area contributed by atoms with Gasteiger partial charge in [0.25, 0.3) is 5.91 Å². The molecule has 6 rings (SSSR count). The van der Waals surface area contributed by atoms with Crippen LogP contribution in [-0.4, -0.2) is 40.5 Å². The Morgan fingerprint density at radius 2 is 1.94 bits per heavy atom. The predicted octanol–water partition coefficient (Wildman–Crippen LogP) is 3.13. The highest BCUT2D eigenvalue weighted by atomic mass is 16.5. The number of hydrogen-bond donors (Lipinski definition) is 2. The van der Waals surface area contributed by atoms with Crippen molar-refractivity contribution in [3.8, 4) is 0 Å². The van der Waals surface area contributed by atoms with Crippen LogP contribution in [0.25, 0.3) is 0 Å². The van der Waals surface area contributed by atoms with Crippen LogP contribution in [0.2, 0.25) is 0 Å². The maximum atomic E-state index is 13.2. The SMILES string of the molecule is COCc1cc(C(=O)c2ccccn2)ccc1C(=O)NC1C2CC3CC1CC(O)(C3)C2. The van der Waals surface area contributed by atoms with E-state index in [1.807, 2.05) is 0 Å². The van der Waals surface area contributed by atoms with Crippen molar-refractivity contribution in [3.05, 3.63) is 65.0 Å². The third-order valence-electron chi connectivity index (χ3n) is 7.35. The van der Waals surface area contributed by atoms with E-state index in [-0.39, 0.29) is 24.3 Å². The summed E-state index contributed by atoms with van der Waals surface area (Å²) in [5, 5.41) is 14.1. The highest BCUT2D eigenvalue weighted by molar-refractivity contribution is 6.08. The van der Waals surface area contributed by atoms with Gasteiger partial charge in [0.2, 0.25) is 5.78 Å². The van der Waals surface area contributed by atoms with E-state index < -0.39 is 5.60 Å². The summed E-state index contributed by atoms with van der Waals surface area (Å²) < 4.78 is 5.32. The average molecular weight is 421 g/mol. The molecule has 1 heterocycles. The van der Waals surface area contributed by atoms with Gasteiger partial charge in [0.1, 0.15) is 5.69 Å². The van der Waals surface area contributed by atoms with E-state index >= 15 is 0 Å². The molecule has 2 aromatic rings. The number of amides is 1. The molecule has 6 heteroatoms. The van der Waals surface area contributed by atoms with E-state index in [0.717, 1.165) is 32.1 Å². The summed E-state index contributed by atoms with van der Waals surface area (Å²) in [5.41, 5.74) is 1.55. The second kappa shape index (κ2) is 7.84. The minimum Gasteiger partial charge on any atom is -0.390 e. The van der Waals surface area contributed by atoms with E-state index in [1.165, 1.54) is 0 Å². The van der Waals surface area contributed by atoms with Crippen LogP contribution in [0.4, 0.5) is 0 Å². The first-order valence-corrected chi connectivity index (χ1v) is 11.1. The van der Waals surface area contributed by atoms with Gasteiger partial charge in [0.15, 0.2) is 0 Å². The number of hydrogen-bond acceptors (Lipinski definition) is 5. The van der Waals surface area contributed by atoms with Gasteiger partial charge in [0, 0.05) is 30.5 Å². The quantitative estimate of drug-likeness (QED) is 0.701. The van der Waals surface area contributed by atoms with Crippen molar-refractivity contribution in [1.82, 2.24) is 10.3 Å². The second-order valence-corrected chi connectivity index (χ2v) is 9.54. The number of pyridine rings is 1. The van der Waals surface area contributed by atoms with E-state index in [4.69, 9.17) is 4.74 Å². The Morgan fingerprint density at radius 1 is 1.16 bits per heavy atom. The van der Waals surface area contributed by atoms with Crippen LogP contribution >= 0.6 is 0 Å². The molecular formula is C25H28N2O4. The van der Waals surface area contributed by atoms with Gasteiger partial charge in [-0.2, -0.15) is 0 Å². The first-order valence-electron chi connectivity index (χ1n) is 11.1. The molecule has 4 fully saturated rings. The number of aromatic nitrogens is 1. The zero-order valence-electron chi connectivity index (χ0n) is 17.7. The Morgan fingerprint density at radius 3 is 2.58 bits per heavy atom. The van der Waals surface area contributed by atoms with Gasteiger partial charge in [-0.15, -0.1) is 0 Å². The number of aliphatic hydroxyl groups is 1. The summed E-state index contributed by atoms with van der Waals surface area (Å²) in [6.45, 7) is 0.242. The molecule has 0 spiro atoms. The smallest absolute Gasteiger partial charge is 0.251 e. The normalized spacial score (nSPS) is 30.9. The number of nitrogens with zero attached hydrogens (tertiary/aromatic N) is 1. The van der Waals surface area contributed by atoms with Crippen LogP contribution in [-0.2, 0) is 11.3 Å². The molecule has 0 radical (unpaired) electrons. The summed E-state index contributed by atoms with van der Waals surface area (Å²) in [4.78, 5) is 30.1. The van der Waals surface area contributed by atoms with Crippen molar-refractivity contribution in [3.63, 3.8) is 0 Å². The first-order chi connectivity index (χ1) is 15.0. The molecule has 4 aliphatic rings. The van der Waals surface area contributed by atoms with Gasteiger partial charge in [-0.25, -0.2) is 0 Å². The van der Waals surface area contributed by atoms with E-state index in [0.29, 0.717) is 40.1 Å². The third kappa shape index (κ3) is 3.79. The van der Waals surface area contributed by atoms with Gasteiger partial charge in [-0.05, 0) is 79.7 Å². The Kier molecular flexibility index (Phi) is 5.15. The van der Waals surface area contributed by atoms with Crippen molar-refractivity contribution < 1.29 is 19.4 Å². The first kappa shape index (κ1) is 20.3. The van der Waals surface area contributed by atoms with Crippen LogP contribution < -0.4 is 5.32 Å². The van der Waals surface area contributed by atoms with Gasteiger partial charge < -0.3 is 15.2 Å². The monoisotopic (exact) mass is 420 g/mol. The van der Waals surface area contributed by atoms with Crippen molar-refractivity contribution in [1.29, 1.82) is 0 Å². The molecule has 2 atom stereocenters. The lowest BCUT2D eigenvalue weighted by Crippen LogP contribution is -2.61. The summed E-state index contributed by atoms with van der Waals surface area (Å²) in [7, 11) is 1.58. The lowest BCUT2D eigenvalue weighted by atomic mass is 9.52. The summed E-state index contributed by atoms with van der Waals surface area (Å²) >= 11 is 0. The molecule has 2 N–H and O–H groups in total. The topological polar surface area (TPSA) is 88.5 Å². The Balaban J connectivity index is 1.37. The highest BCUT2D eigenvalue weighted by Gasteiger charge is 2.55. The van der Waals surface area contributed by atoms with Crippen LogP contribution in [0.15, 0.2) is 42.6 Å². The number of benzene rings is 1. The molecule has 4 saturated carbocycles. The molecule has 4 aliphatic carbocycles. The van der Waals surface area contributed by atoms with Crippen LogP contribution in [0.3, 0.4) is 0 Å². The number of carbonyl (C=O) groups excluding carboxylic acids is 2. The zero-order chi connectivity index (χ0) is 21.6. The fourth-order valence-electron chi connectivity index (χ4n) is 6.32. The summed E-state index contributed by atoms with van der Waals surface area (Å²) in [6, 6.07) is 10.5. The maximum Gasteiger partial charge on any atom is 0.251 e. The lowest BCUT2D eigenvalue weighted by Gasteiger charge is -2.58. The molecule has 2 unspecified atom stereocenters. The van der Waals surface area contributed by atoms with Gasteiger partial charge >= 0.3 is 0 Å². The van der Waals surface area contributed by atoms with Crippen LogP contribution in [0.1, 0.15) is 64.1 Å². The minimum absolute atomic E-state index is 0.106. The highest BCUT2D eigenvalue weighted by Crippen LogP contribution is 2.55. The fraction of sp³-hybridized carbons (Fsp3) is 0.480. The van der Waals surface area contributed by atoms with Crippen molar-refractivity contribution in [2.24, 2.45) is 17.8 Å². The van der Waals surface area contributed by atoms with Crippen molar-refractivity contribution in [2.45, 2.75) is 50.4 Å². The molecule has 162 valence electrons. The number of carbonyl (C=O) groups is 2. The van der Waals surface area contributed by atoms with E-state index in [9.17, 15) is 14.7 Å². The zero-order valence-corrected chi connectivity index (χ0v) is 17.7. The van der Waals surface area contributed by atoms with Gasteiger partial charge in [-0.1, -0.05) is 12.1 Å². The molecule has 0 saturated heterocycles. The van der Waals surface area contributed by atoms with Crippen molar-refractivity contribution in [2.75, 3.05) is 7.11 Å². The Hall–Kier alpha value is -2.57. The average Bonchev–Trinajstić information content (AvgIpc) is 2.75. The second-order valence-electron chi connectivity index (χ2n) is 9.54. The molecule has 1 aromatic carbocycles. The number of ether oxygens (including phenoxy) is 1. The number of methoxy groups -OCH3 is 1.